The molecule has 4 aromatic rings. The highest BCUT2D eigenvalue weighted by Crippen LogP contribution is 2.12. The predicted molar refractivity (Wildman–Crippen MR) is 110 cm³/mol. The molecule has 0 radical (unpaired) electrons. The highest BCUT2D eigenvalue weighted by Gasteiger charge is 2.15. The molecule has 0 saturated carbocycles. The number of aromatic amines is 1. The van der Waals surface area contributed by atoms with Crippen LogP contribution in [0.4, 0.5) is 11.6 Å². The highest BCUT2D eigenvalue weighted by molar-refractivity contribution is 5.93. The van der Waals surface area contributed by atoms with Gasteiger partial charge in [-0.25, -0.2) is 15.0 Å². The summed E-state index contributed by atoms with van der Waals surface area (Å²) in [6.45, 7) is 0.156. The van der Waals surface area contributed by atoms with Gasteiger partial charge >= 0.3 is 0 Å². The lowest BCUT2D eigenvalue weighted by molar-refractivity contribution is 0.0780. The molecule has 0 atom stereocenters. The number of hydrogen-bond donors (Lipinski definition) is 2. The number of carbonyl (C=O) groups excluding carboxylic acids is 1. The maximum absolute atomic E-state index is 12.7. The van der Waals surface area contributed by atoms with Gasteiger partial charge in [0.2, 0.25) is 5.95 Å². The molecule has 4 rings (SSSR count). The first-order valence-electron chi connectivity index (χ1n) is 8.98. The zero-order valence-corrected chi connectivity index (χ0v) is 15.7. The van der Waals surface area contributed by atoms with Gasteiger partial charge in [0, 0.05) is 25.1 Å². The Morgan fingerprint density at radius 2 is 1.72 bits per heavy atom. The summed E-state index contributed by atoms with van der Waals surface area (Å²) in [5.74, 6) is 0.538. The molecule has 2 N–H and O–H groups in total. The number of nitrogens with zero attached hydrogens (tertiary/aromatic N) is 4. The summed E-state index contributed by atoms with van der Waals surface area (Å²) in [4.78, 5) is 41.8. The third-order valence-corrected chi connectivity index (χ3v) is 4.32. The molecular formula is C21H18N6O2. The van der Waals surface area contributed by atoms with Crippen LogP contribution in [0.25, 0.3) is 10.9 Å². The molecule has 0 aliphatic heterocycles. The van der Waals surface area contributed by atoms with E-state index in [1.165, 1.54) is 17.3 Å². The van der Waals surface area contributed by atoms with Crippen LogP contribution < -0.4 is 10.9 Å². The first-order valence-corrected chi connectivity index (χ1v) is 8.98. The van der Waals surface area contributed by atoms with Gasteiger partial charge in [-0.1, -0.05) is 30.3 Å². The lowest BCUT2D eigenvalue weighted by Crippen LogP contribution is -2.28. The van der Waals surface area contributed by atoms with Crippen molar-refractivity contribution < 1.29 is 4.79 Å². The van der Waals surface area contributed by atoms with Crippen molar-refractivity contribution >= 4 is 28.4 Å². The Kier molecular flexibility index (Phi) is 4.98. The minimum absolute atomic E-state index is 0.156. The Labute approximate surface area is 166 Å². The molecule has 8 heteroatoms. The molecule has 29 heavy (non-hydrogen) atoms. The van der Waals surface area contributed by atoms with Gasteiger partial charge in [0.25, 0.3) is 11.5 Å². The quantitative estimate of drug-likeness (QED) is 0.547. The van der Waals surface area contributed by atoms with Crippen molar-refractivity contribution in [3.8, 4) is 0 Å². The summed E-state index contributed by atoms with van der Waals surface area (Å²) in [5, 5.41) is 3.58. The Hall–Kier alpha value is -4.07. The van der Waals surface area contributed by atoms with Gasteiger partial charge in [0.15, 0.2) is 0 Å². The smallest absolute Gasteiger partial charge is 0.258 e. The fraction of sp³-hybridized carbons (Fsp3) is 0.0952. The minimum atomic E-state index is -0.271. The molecule has 2 aromatic carbocycles. The first-order chi connectivity index (χ1) is 14.1. The van der Waals surface area contributed by atoms with Crippen molar-refractivity contribution in [1.82, 2.24) is 24.8 Å². The van der Waals surface area contributed by atoms with Crippen molar-refractivity contribution in [3.63, 3.8) is 0 Å². The number of anilines is 2. The zero-order valence-electron chi connectivity index (χ0n) is 15.7. The van der Waals surface area contributed by atoms with E-state index in [4.69, 9.17) is 0 Å². The van der Waals surface area contributed by atoms with Gasteiger partial charge in [-0.05, 0) is 24.3 Å². The highest BCUT2D eigenvalue weighted by atomic mass is 16.2. The van der Waals surface area contributed by atoms with E-state index >= 15 is 0 Å². The van der Waals surface area contributed by atoms with Crippen LogP contribution >= 0.6 is 0 Å². The Morgan fingerprint density at radius 3 is 2.48 bits per heavy atom. The molecule has 0 bridgehead atoms. The van der Waals surface area contributed by atoms with Gasteiger partial charge in [-0.3, -0.25) is 9.59 Å². The number of hydrogen-bond acceptors (Lipinski definition) is 6. The monoisotopic (exact) mass is 386 g/mol. The van der Waals surface area contributed by atoms with Crippen LogP contribution in [0.3, 0.4) is 0 Å². The van der Waals surface area contributed by atoms with E-state index in [9.17, 15) is 9.59 Å². The maximum Gasteiger partial charge on any atom is 0.258 e. The van der Waals surface area contributed by atoms with Crippen LogP contribution in [-0.4, -0.2) is 37.8 Å². The van der Waals surface area contributed by atoms with Crippen LogP contribution in [0, 0.1) is 0 Å². The molecule has 0 fully saturated rings. The fourth-order valence-electron chi connectivity index (χ4n) is 2.88. The molecule has 8 nitrogen and oxygen atoms in total. The molecule has 2 aromatic heterocycles. The number of H-pyrrole nitrogens is 1. The molecule has 0 aliphatic carbocycles. The number of rotatable bonds is 5. The average molecular weight is 386 g/mol. The molecule has 0 aliphatic rings. The van der Waals surface area contributed by atoms with E-state index in [0.29, 0.717) is 28.2 Å². The number of nitrogens with one attached hydrogen (secondary N) is 2. The third kappa shape index (κ3) is 4.11. The largest absolute Gasteiger partial charge is 0.334 e. The number of aromatic nitrogens is 4. The normalized spacial score (nSPS) is 10.7. The predicted octanol–water partition coefficient (Wildman–Crippen LogP) is 2.73. The number of carbonyl (C=O) groups is 1. The van der Waals surface area contributed by atoms with E-state index in [1.54, 1.807) is 25.2 Å². The van der Waals surface area contributed by atoms with Crippen LogP contribution in [0.15, 0.2) is 71.8 Å². The lowest BCUT2D eigenvalue weighted by Gasteiger charge is -2.16. The topological polar surface area (TPSA) is 104 Å². The second kappa shape index (κ2) is 7.89. The van der Waals surface area contributed by atoms with Crippen molar-refractivity contribution in [2.45, 2.75) is 6.54 Å². The van der Waals surface area contributed by atoms with Gasteiger partial charge in [-0.15, -0.1) is 0 Å². The zero-order chi connectivity index (χ0) is 20.2. The number of amides is 1. The van der Waals surface area contributed by atoms with Gasteiger partial charge in [0.1, 0.15) is 5.82 Å². The van der Waals surface area contributed by atoms with E-state index in [0.717, 1.165) is 5.69 Å². The number of fused-ring (bicyclic) bond motifs is 1. The van der Waals surface area contributed by atoms with Gasteiger partial charge in [0.05, 0.1) is 23.0 Å². The summed E-state index contributed by atoms with van der Waals surface area (Å²) in [5.41, 5.74) is 1.56. The Bertz CT molecular complexity index is 1210. The molecule has 0 spiro atoms. The van der Waals surface area contributed by atoms with Gasteiger partial charge < -0.3 is 15.2 Å². The van der Waals surface area contributed by atoms with Crippen LogP contribution in [0.5, 0.6) is 0 Å². The molecular weight excluding hydrogens is 368 g/mol. The number of benzene rings is 2. The summed E-state index contributed by atoms with van der Waals surface area (Å²) in [7, 11) is 1.63. The molecule has 144 valence electrons. The van der Waals surface area contributed by atoms with Crippen molar-refractivity contribution in [2.75, 3.05) is 12.4 Å². The molecule has 2 heterocycles. The molecule has 1 amide bonds. The van der Waals surface area contributed by atoms with Crippen LogP contribution in [0.1, 0.15) is 16.2 Å². The van der Waals surface area contributed by atoms with E-state index in [1.807, 2.05) is 36.4 Å². The second-order valence-electron chi connectivity index (χ2n) is 6.48. The average Bonchev–Trinajstić information content (AvgIpc) is 2.74. The van der Waals surface area contributed by atoms with Crippen molar-refractivity contribution in [3.05, 3.63) is 88.7 Å². The summed E-state index contributed by atoms with van der Waals surface area (Å²) in [6.07, 6.45) is 2.93. The molecule has 0 saturated heterocycles. The molecule has 0 unspecified atom stereocenters. The van der Waals surface area contributed by atoms with E-state index in [-0.39, 0.29) is 18.0 Å². The van der Waals surface area contributed by atoms with E-state index < -0.39 is 0 Å². The van der Waals surface area contributed by atoms with Gasteiger partial charge in [-0.2, -0.15) is 0 Å². The fourth-order valence-corrected chi connectivity index (χ4v) is 2.88. The summed E-state index contributed by atoms with van der Waals surface area (Å²) >= 11 is 0. The summed E-state index contributed by atoms with van der Waals surface area (Å²) < 4.78 is 0. The lowest BCUT2D eigenvalue weighted by atomic mass is 10.2. The maximum atomic E-state index is 12.7. The van der Waals surface area contributed by atoms with E-state index in [2.05, 4.69) is 25.3 Å². The Balaban J connectivity index is 1.47. The summed E-state index contributed by atoms with van der Waals surface area (Å²) in [6, 6.07) is 16.6. The van der Waals surface area contributed by atoms with Crippen LogP contribution in [-0.2, 0) is 6.54 Å². The number of para-hydroxylation sites is 2. The van der Waals surface area contributed by atoms with Crippen molar-refractivity contribution in [2.24, 2.45) is 0 Å². The standard InChI is InChI=1S/C21H18N6O2/c1-27(13-18-25-17-10-6-5-9-16(17)19(28)26-18)20(29)14-11-22-21(23-12-14)24-15-7-3-2-4-8-15/h2-12H,13H2,1H3,(H,22,23,24)(H,25,26,28). The Morgan fingerprint density at radius 1 is 1.03 bits per heavy atom. The SMILES string of the molecule is CN(Cc1nc2ccccc2c(=O)[nH]1)C(=O)c1cnc(Nc2ccccc2)nc1. The third-order valence-electron chi connectivity index (χ3n) is 4.32. The van der Waals surface area contributed by atoms with Crippen molar-refractivity contribution in [1.29, 1.82) is 0 Å². The first kappa shape index (κ1) is 18.3. The van der Waals surface area contributed by atoms with Crippen LogP contribution in [0.2, 0.25) is 0 Å². The minimum Gasteiger partial charge on any atom is -0.334 e. The second-order valence-corrected chi connectivity index (χ2v) is 6.48.